The molecule has 0 aromatic heterocycles. The number of hydrogen-bond acceptors (Lipinski definition) is 2. The molecule has 0 aliphatic heterocycles. The first kappa shape index (κ1) is 12.6. The summed E-state index contributed by atoms with van der Waals surface area (Å²) in [5, 5.41) is 1.16. The van der Waals surface area contributed by atoms with Gasteiger partial charge in [-0.25, -0.2) is 0 Å². The lowest BCUT2D eigenvalue weighted by atomic mass is 10.1. The molecular weight excluding hydrogens is 233 g/mol. The Hall–Kier alpha value is -0.440. The fourth-order valence-electron chi connectivity index (χ4n) is 0.966. The molecule has 15 heavy (non-hydrogen) atoms. The molecule has 1 aromatic carbocycles. The number of rotatable bonds is 4. The summed E-state index contributed by atoms with van der Waals surface area (Å²) >= 11 is 11.8. The Morgan fingerprint density at radius 2 is 2.00 bits per heavy atom. The SMILES string of the molecule is CC(C)[C@@H](N)COc1cc(Cl)ccc1Cl. The smallest absolute Gasteiger partial charge is 0.139 e. The second-order valence-electron chi connectivity index (χ2n) is 3.79. The Morgan fingerprint density at radius 3 is 2.60 bits per heavy atom. The van der Waals surface area contributed by atoms with Crippen LogP contribution in [-0.2, 0) is 0 Å². The van der Waals surface area contributed by atoms with Gasteiger partial charge in [0, 0.05) is 17.1 Å². The van der Waals surface area contributed by atoms with Crippen molar-refractivity contribution in [3.05, 3.63) is 28.2 Å². The van der Waals surface area contributed by atoms with Crippen LogP contribution in [0.1, 0.15) is 13.8 Å². The van der Waals surface area contributed by atoms with E-state index in [-0.39, 0.29) is 6.04 Å². The zero-order valence-electron chi connectivity index (χ0n) is 8.84. The Balaban J connectivity index is 2.61. The lowest BCUT2D eigenvalue weighted by Crippen LogP contribution is -2.33. The molecule has 4 heteroatoms. The molecule has 0 unspecified atom stereocenters. The van der Waals surface area contributed by atoms with E-state index in [1.807, 2.05) is 13.8 Å². The molecule has 0 bridgehead atoms. The van der Waals surface area contributed by atoms with E-state index < -0.39 is 0 Å². The summed E-state index contributed by atoms with van der Waals surface area (Å²) in [5.74, 6) is 0.961. The highest BCUT2D eigenvalue weighted by molar-refractivity contribution is 6.34. The van der Waals surface area contributed by atoms with Crippen LogP contribution in [0.3, 0.4) is 0 Å². The van der Waals surface area contributed by atoms with E-state index in [1.165, 1.54) is 0 Å². The van der Waals surface area contributed by atoms with Crippen LogP contribution in [0.25, 0.3) is 0 Å². The summed E-state index contributed by atoms with van der Waals surface area (Å²) in [6.07, 6.45) is 0. The van der Waals surface area contributed by atoms with Crippen molar-refractivity contribution in [3.8, 4) is 5.75 Å². The molecule has 0 spiro atoms. The minimum atomic E-state index is 0.0000447. The van der Waals surface area contributed by atoms with Crippen LogP contribution in [0.5, 0.6) is 5.75 Å². The fraction of sp³-hybridized carbons (Fsp3) is 0.455. The van der Waals surface area contributed by atoms with Gasteiger partial charge < -0.3 is 10.5 Å². The van der Waals surface area contributed by atoms with Crippen molar-refractivity contribution < 1.29 is 4.74 Å². The number of nitrogens with two attached hydrogens (primary N) is 1. The summed E-state index contributed by atoms with van der Waals surface area (Å²) in [6, 6.07) is 5.12. The molecule has 2 nitrogen and oxygen atoms in total. The third-order valence-corrected chi connectivity index (χ3v) is 2.73. The monoisotopic (exact) mass is 247 g/mol. The van der Waals surface area contributed by atoms with Crippen LogP contribution in [-0.4, -0.2) is 12.6 Å². The standard InChI is InChI=1S/C11H15Cl2NO/c1-7(2)10(14)6-15-11-5-8(12)3-4-9(11)13/h3-5,7,10H,6,14H2,1-2H3/t10-/m0/s1. The number of benzene rings is 1. The Kier molecular flexibility index (Phi) is 4.71. The van der Waals surface area contributed by atoms with Gasteiger partial charge in [-0.05, 0) is 18.1 Å². The molecular formula is C11H15Cl2NO. The normalized spacial score (nSPS) is 12.9. The highest BCUT2D eigenvalue weighted by atomic mass is 35.5. The molecule has 1 rings (SSSR count). The molecule has 84 valence electrons. The maximum Gasteiger partial charge on any atom is 0.139 e. The molecule has 0 heterocycles. The van der Waals surface area contributed by atoms with E-state index in [9.17, 15) is 0 Å². The molecule has 0 saturated heterocycles. The first-order valence-electron chi connectivity index (χ1n) is 4.84. The van der Waals surface area contributed by atoms with Crippen molar-refractivity contribution in [3.63, 3.8) is 0 Å². The number of hydrogen-bond donors (Lipinski definition) is 1. The first-order chi connectivity index (χ1) is 7.00. The van der Waals surface area contributed by atoms with Crippen molar-refractivity contribution >= 4 is 23.2 Å². The van der Waals surface area contributed by atoms with Gasteiger partial charge in [0.05, 0.1) is 5.02 Å². The zero-order chi connectivity index (χ0) is 11.4. The van der Waals surface area contributed by atoms with Crippen LogP contribution in [0.4, 0.5) is 0 Å². The van der Waals surface area contributed by atoms with Gasteiger partial charge >= 0.3 is 0 Å². The maximum absolute atomic E-state index is 5.93. The van der Waals surface area contributed by atoms with Gasteiger partial charge in [0.25, 0.3) is 0 Å². The quantitative estimate of drug-likeness (QED) is 0.886. The second kappa shape index (κ2) is 5.59. The molecule has 0 aliphatic rings. The maximum atomic E-state index is 5.93. The van der Waals surface area contributed by atoms with Crippen LogP contribution < -0.4 is 10.5 Å². The van der Waals surface area contributed by atoms with E-state index >= 15 is 0 Å². The lowest BCUT2D eigenvalue weighted by molar-refractivity contribution is 0.260. The Labute approximate surface area is 100 Å². The van der Waals surface area contributed by atoms with E-state index in [4.69, 9.17) is 33.7 Å². The third-order valence-electron chi connectivity index (χ3n) is 2.18. The van der Waals surface area contributed by atoms with Crippen LogP contribution in [0.15, 0.2) is 18.2 Å². The minimum Gasteiger partial charge on any atom is -0.490 e. The van der Waals surface area contributed by atoms with Crippen molar-refractivity contribution in [2.75, 3.05) is 6.61 Å². The van der Waals surface area contributed by atoms with Crippen molar-refractivity contribution in [1.29, 1.82) is 0 Å². The third kappa shape index (κ3) is 3.90. The highest BCUT2D eigenvalue weighted by Gasteiger charge is 2.09. The van der Waals surface area contributed by atoms with Crippen LogP contribution in [0.2, 0.25) is 10.0 Å². The van der Waals surface area contributed by atoms with E-state index in [1.54, 1.807) is 18.2 Å². The summed E-state index contributed by atoms with van der Waals surface area (Å²) in [6.45, 7) is 4.54. The first-order valence-corrected chi connectivity index (χ1v) is 5.59. The second-order valence-corrected chi connectivity index (χ2v) is 4.64. The van der Waals surface area contributed by atoms with Crippen molar-refractivity contribution in [2.24, 2.45) is 11.7 Å². The number of halogens is 2. The molecule has 0 radical (unpaired) electrons. The minimum absolute atomic E-state index is 0.0000447. The molecule has 1 aromatic rings. The van der Waals surface area contributed by atoms with Gasteiger partial charge in [-0.2, -0.15) is 0 Å². The van der Waals surface area contributed by atoms with Gasteiger partial charge in [-0.1, -0.05) is 37.0 Å². The van der Waals surface area contributed by atoms with Gasteiger partial charge in [0.1, 0.15) is 12.4 Å². The van der Waals surface area contributed by atoms with Crippen LogP contribution >= 0.6 is 23.2 Å². The average molecular weight is 248 g/mol. The molecule has 0 fully saturated rings. The molecule has 1 atom stereocenters. The highest BCUT2D eigenvalue weighted by Crippen LogP contribution is 2.27. The largest absolute Gasteiger partial charge is 0.490 e. The van der Waals surface area contributed by atoms with Gasteiger partial charge in [-0.15, -0.1) is 0 Å². The molecule has 0 aliphatic carbocycles. The lowest BCUT2D eigenvalue weighted by Gasteiger charge is -2.17. The van der Waals surface area contributed by atoms with Crippen LogP contribution in [0, 0.1) is 5.92 Å². The predicted octanol–water partition coefficient (Wildman–Crippen LogP) is 3.36. The summed E-state index contributed by atoms with van der Waals surface area (Å²) in [5.41, 5.74) is 5.85. The Morgan fingerprint density at radius 1 is 1.33 bits per heavy atom. The summed E-state index contributed by atoms with van der Waals surface area (Å²) < 4.78 is 5.50. The van der Waals surface area contributed by atoms with E-state index in [0.717, 1.165) is 0 Å². The molecule has 2 N–H and O–H groups in total. The summed E-state index contributed by atoms with van der Waals surface area (Å²) in [7, 11) is 0. The number of ether oxygens (including phenoxy) is 1. The van der Waals surface area contributed by atoms with Gasteiger partial charge in [0.2, 0.25) is 0 Å². The Bertz CT molecular complexity index is 328. The topological polar surface area (TPSA) is 35.2 Å². The fourth-order valence-corrected chi connectivity index (χ4v) is 1.30. The van der Waals surface area contributed by atoms with Crippen molar-refractivity contribution in [1.82, 2.24) is 0 Å². The zero-order valence-corrected chi connectivity index (χ0v) is 10.3. The summed E-state index contributed by atoms with van der Waals surface area (Å²) in [4.78, 5) is 0. The van der Waals surface area contributed by atoms with Gasteiger partial charge in [0.15, 0.2) is 0 Å². The van der Waals surface area contributed by atoms with E-state index in [2.05, 4.69) is 0 Å². The van der Waals surface area contributed by atoms with E-state index in [0.29, 0.717) is 28.3 Å². The predicted molar refractivity (Wildman–Crippen MR) is 64.8 cm³/mol. The van der Waals surface area contributed by atoms with Gasteiger partial charge in [-0.3, -0.25) is 0 Å². The van der Waals surface area contributed by atoms with Crippen molar-refractivity contribution in [2.45, 2.75) is 19.9 Å². The molecule has 0 saturated carbocycles. The average Bonchev–Trinajstić information content (AvgIpc) is 2.18. The molecule has 0 amide bonds.